The van der Waals surface area contributed by atoms with Crippen molar-refractivity contribution in [3.63, 3.8) is 0 Å². The molecule has 0 unspecified atom stereocenters. The number of carbonyl (C=O) groups is 1. The highest BCUT2D eigenvalue weighted by atomic mass is 32.2. The van der Waals surface area contributed by atoms with E-state index in [0.29, 0.717) is 6.54 Å². The van der Waals surface area contributed by atoms with Crippen LogP contribution in [0.25, 0.3) is 0 Å². The van der Waals surface area contributed by atoms with E-state index in [2.05, 4.69) is 6.92 Å². The van der Waals surface area contributed by atoms with Crippen LogP contribution in [-0.2, 0) is 22.8 Å². The molecule has 2 aromatic rings. The largest absolute Gasteiger partial charge is 0.325 e. The molecule has 2 aliphatic heterocycles. The van der Waals surface area contributed by atoms with E-state index < -0.39 is 9.84 Å². The lowest BCUT2D eigenvalue weighted by molar-refractivity contribution is 0.206. The van der Waals surface area contributed by atoms with Crippen LogP contribution in [0.4, 0.5) is 10.5 Å². The number of carbonyl (C=O) groups excluding carboxylic acids is 1. The molecule has 2 fully saturated rings. The molecule has 2 aromatic carbocycles. The predicted molar refractivity (Wildman–Crippen MR) is 102 cm³/mol. The Hall–Kier alpha value is -2.34. The van der Waals surface area contributed by atoms with Gasteiger partial charge in [-0.2, -0.15) is 0 Å². The van der Waals surface area contributed by atoms with E-state index in [-0.39, 0.29) is 29.6 Å². The van der Waals surface area contributed by atoms with Gasteiger partial charge in [-0.05, 0) is 29.7 Å². The molecule has 0 aliphatic carbocycles. The lowest BCUT2D eigenvalue weighted by Gasteiger charge is -2.23. The van der Waals surface area contributed by atoms with E-state index in [4.69, 9.17) is 0 Å². The monoisotopic (exact) mass is 370 g/mol. The van der Waals surface area contributed by atoms with Crippen molar-refractivity contribution in [2.45, 2.75) is 32.0 Å². The first-order valence-electron chi connectivity index (χ1n) is 8.91. The van der Waals surface area contributed by atoms with Crippen molar-refractivity contribution >= 4 is 21.6 Å². The molecule has 5 nitrogen and oxygen atoms in total. The second-order valence-corrected chi connectivity index (χ2v) is 9.15. The van der Waals surface area contributed by atoms with Crippen molar-refractivity contribution in [3.8, 4) is 0 Å². The van der Waals surface area contributed by atoms with Crippen molar-refractivity contribution in [3.05, 3.63) is 65.7 Å². The van der Waals surface area contributed by atoms with E-state index in [0.717, 1.165) is 17.7 Å². The van der Waals surface area contributed by atoms with Crippen molar-refractivity contribution in [1.29, 1.82) is 0 Å². The van der Waals surface area contributed by atoms with Gasteiger partial charge in [0.05, 0.1) is 23.6 Å². The Morgan fingerprint density at radius 3 is 2.23 bits per heavy atom. The van der Waals surface area contributed by atoms with E-state index in [1.165, 1.54) is 5.56 Å². The number of anilines is 1. The molecule has 0 aromatic heterocycles. The van der Waals surface area contributed by atoms with Crippen molar-refractivity contribution in [2.24, 2.45) is 0 Å². The van der Waals surface area contributed by atoms with Gasteiger partial charge in [-0.15, -0.1) is 0 Å². The maximum atomic E-state index is 13.1. The third-order valence-corrected chi connectivity index (χ3v) is 6.99. The van der Waals surface area contributed by atoms with E-state index in [1.807, 2.05) is 54.6 Å². The summed E-state index contributed by atoms with van der Waals surface area (Å²) in [6, 6.07) is 16.8. The van der Waals surface area contributed by atoms with Gasteiger partial charge in [-0.3, -0.25) is 4.90 Å². The number of hydrogen-bond donors (Lipinski definition) is 0. The van der Waals surface area contributed by atoms with Crippen LogP contribution in [0.1, 0.15) is 18.1 Å². The molecule has 2 saturated heterocycles. The van der Waals surface area contributed by atoms with Gasteiger partial charge in [-0.25, -0.2) is 13.2 Å². The van der Waals surface area contributed by atoms with Crippen molar-refractivity contribution < 1.29 is 13.2 Å². The van der Waals surface area contributed by atoms with Gasteiger partial charge in [0, 0.05) is 12.2 Å². The summed E-state index contributed by atoms with van der Waals surface area (Å²) in [7, 11) is -3.14. The van der Waals surface area contributed by atoms with Crippen LogP contribution in [0.5, 0.6) is 0 Å². The summed E-state index contributed by atoms with van der Waals surface area (Å²) in [6.07, 6.45) is 0.925. The molecule has 2 amide bonds. The maximum absolute atomic E-state index is 13.1. The van der Waals surface area contributed by atoms with Gasteiger partial charge in [0.1, 0.15) is 0 Å². The van der Waals surface area contributed by atoms with Crippen LogP contribution < -0.4 is 4.90 Å². The SMILES string of the molecule is CCc1ccc(N2C(=O)N(Cc3ccccc3)[C@H]3CS(=O)(=O)C[C@@H]32)cc1. The Morgan fingerprint density at radius 1 is 0.923 bits per heavy atom. The van der Waals surface area contributed by atoms with Gasteiger partial charge >= 0.3 is 6.03 Å². The minimum atomic E-state index is -3.14. The van der Waals surface area contributed by atoms with Gasteiger partial charge in [-0.1, -0.05) is 49.4 Å². The topological polar surface area (TPSA) is 57.7 Å². The lowest BCUT2D eigenvalue weighted by atomic mass is 10.1. The Kier molecular flexibility index (Phi) is 4.23. The molecule has 0 spiro atoms. The highest BCUT2D eigenvalue weighted by Crippen LogP contribution is 2.36. The number of hydrogen-bond acceptors (Lipinski definition) is 3. The predicted octanol–water partition coefficient (Wildman–Crippen LogP) is 2.86. The lowest BCUT2D eigenvalue weighted by Crippen LogP contribution is -2.37. The van der Waals surface area contributed by atoms with Gasteiger partial charge in [0.25, 0.3) is 0 Å². The number of rotatable bonds is 4. The number of sulfone groups is 1. The minimum absolute atomic E-state index is 0.0320. The molecule has 0 radical (unpaired) electrons. The fourth-order valence-corrected chi connectivity index (χ4v) is 5.89. The molecule has 2 atom stereocenters. The zero-order valence-corrected chi connectivity index (χ0v) is 15.5. The molecule has 26 heavy (non-hydrogen) atoms. The number of benzene rings is 2. The average molecular weight is 370 g/mol. The smallest absolute Gasteiger partial charge is 0.314 e. The van der Waals surface area contributed by atoms with E-state index in [1.54, 1.807) is 9.80 Å². The molecule has 2 heterocycles. The summed E-state index contributed by atoms with van der Waals surface area (Å²) in [6.45, 7) is 2.51. The summed E-state index contributed by atoms with van der Waals surface area (Å²) >= 11 is 0. The van der Waals surface area contributed by atoms with E-state index >= 15 is 0 Å². The number of nitrogens with zero attached hydrogens (tertiary/aromatic N) is 2. The fourth-order valence-electron chi connectivity index (χ4n) is 3.94. The number of aryl methyl sites for hydroxylation is 1. The Balaban J connectivity index is 1.69. The summed E-state index contributed by atoms with van der Waals surface area (Å²) < 4.78 is 24.5. The molecule has 136 valence electrons. The standard InChI is InChI=1S/C20H22N2O3S/c1-2-15-8-10-17(11-9-15)22-19-14-26(24,25)13-18(19)21(20(22)23)12-16-6-4-3-5-7-16/h3-11,18-19H,2,12-14H2,1H3/t18-,19-/m0/s1. The molecular weight excluding hydrogens is 348 g/mol. The van der Waals surface area contributed by atoms with Crippen LogP contribution in [0.3, 0.4) is 0 Å². The van der Waals surface area contributed by atoms with Crippen LogP contribution in [0.15, 0.2) is 54.6 Å². The minimum Gasteiger partial charge on any atom is -0.314 e. The second-order valence-electron chi connectivity index (χ2n) is 7.00. The van der Waals surface area contributed by atoms with Crippen LogP contribution in [-0.4, -0.2) is 42.9 Å². The normalized spacial score (nSPS) is 24.1. The van der Waals surface area contributed by atoms with Gasteiger partial charge in [0.15, 0.2) is 9.84 Å². The van der Waals surface area contributed by atoms with Gasteiger partial charge in [0.2, 0.25) is 0 Å². The second kappa shape index (κ2) is 6.43. The Bertz CT molecular complexity index is 910. The molecule has 6 heteroatoms. The average Bonchev–Trinajstić information content (AvgIpc) is 3.07. The molecule has 0 N–H and O–H groups in total. The third kappa shape index (κ3) is 2.98. The number of fused-ring (bicyclic) bond motifs is 1. The first-order chi connectivity index (χ1) is 12.5. The quantitative estimate of drug-likeness (QED) is 0.778. The van der Waals surface area contributed by atoms with Crippen LogP contribution >= 0.6 is 0 Å². The Morgan fingerprint density at radius 2 is 1.58 bits per heavy atom. The summed E-state index contributed by atoms with van der Waals surface area (Å²) in [5.41, 5.74) is 2.97. The molecule has 4 rings (SSSR count). The zero-order chi connectivity index (χ0) is 18.3. The molecule has 2 aliphatic rings. The number of urea groups is 1. The van der Waals surface area contributed by atoms with Crippen LogP contribution in [0, 0.1) is 0 Å². The zero-order valence-electron chi connectivity index (χ0n) is 14.7. The number of amides is 2. The van der Waals surface area contributed by atoms with Crippen molar-refractivity contribution in [2.75, 3.05) is 16.4 Å². The fraction of sp³-hybridized carbons (Fsp3) is 0.350. The highest BCUT2D eigenvalue weighted by Gasteiger charge is 2.53. The van der Waals surface area contributed by atoms with Crippen LogP contribution in [0.2, 0.25) is 0 Å². The van der Waals surface area contributed by atoms with E-state index in [9.17, 15) is 13.2 Å². The summed E-state index contributed by atoms with van der Waals surface area (Å²) in [5, 5.41) is 0. The van der Waals surface area contributed by atoms with Gasteiger partial charge < -0.3 is 4.90 Å². The molecular formula is C20H22N2O3S. The molecule has 0 saturated carbocycles. The third-order valence-electron chi connectivity index (χ3n) is 5.30. The Labute approximate surface area is 154 Å². The summed E-state index contributed by atoms with van der Waals surface area (Å²) in [4.78, 5) is 16.5. The first-order valence-corrected chi connectivity index (χ1v) is 10.7. The first kappa shape index (κ1) is 17.1. The maximum Gasteiger partial charge on any atom is 0.325 e. The molecule has 0 bridgehead atoms. The van der Waals surface area contributed by atoms with Crippen molar-refractivity contribution in [1.82, 2.24) is 4.90 Å². The summed E-state index contributed by atoms with van der Waals surface area (Å²) in [5.74, 6) is 0.0734. The highest BCUT2D eigenvalue weighted by molar-refractivity contribution is 7.91.